The fourth-order valence-electron chi connectivity index (χ4n) is 0.436. The van der Waals surface area contributed by atoms with E-state index in [0.717, 1.165) is 13.0 Å². The van der Waals surface area contributed by atoms with Crippen LogP contribution in [0.3, 0.4) is 0 Å². The van der Waals surface area contributed by atoms with Gasteiger partial charge in [-0.2, -0.15) is 0 Å². The van der Waals surface area contributed by atoms with Crippen molar-refractivity contribution >= 4 is 11.6 Å². The molecule has 0 aliphatic rings. The van der Waals surface area contributed by atoms with E-state index in [-0.39, 0.29) is 11.5 Å². The first-order chi connectivity index (χ1) is 4.18. The van der Waals surface area contributed by atoms with E-state index in [1.165, 1.54) is 0 Å². The van der Waals surface area contributed by atoms with E-state index in [4.69, 9.17) is 16.3 Å². The van der Waals surface area contributed by atoms with Gasteiger partial charge in [0.2, 0.25) is 0 Å². The molecule has 1 nitrogen and oxygen atoms in total. The van der Waals surface area contributed by atoms with E-state index < -0.39 is 0 Å². The molecule has 56 valence electrons. The number of hydrogen-bond donors (Lipinski definition) is 0. The summed E-state index contributed by atoms with van der Waals surface area (Å²) in [7, 11) is 0. The average Bonchev–Trinajstić information content (AvgIpc) is 1.82. The Hall–Kier alpha value is 0.250. The summed E-state index contributed by atoms with van der Waals surface area (Å²) in [6, 6.07) is 0. The molecule has 0 spiro atoms. The molecule has 9 heavy (non-hydrogen) atoms. The van der Waals surface area contributed by atoms with Gasteiger partial charge < -0.3 is 4.74 Å². The van der Waals surface area contributed by atoms with Gasteiger partial charge in [-0.1, -0.05) is 6.92 Å². The summed E-state index contributed by atoms with van der Waals surface area (Å²) in [5.41, 5.74) is 0. The number of rotatable bonds is 4. The molecule has 0 aliphatic carbocycles. The van der Waals surface area contributed by atoms with Crippen molar-refractivity contribution in [1.29, 1.82) is 0 Å². The molecule has 0 N–H and O–H groups in total. The van der Waals surface area contributed by atoms with Crippen LogP contribution in [-0.2, 0) is 4.74 Å². The molecule has 0 aromatic carbocycles. The van der Waals surface area contributed by atoms with E-state index in [2.05, 4.69) is 6.92 Å². The van der Waals surface area contributed by atoms with Gasteiger partial charge in [0.1, 0.15) is 0 Å². The maximum atomic E-state index is 5.74. The molecule has 0 aliphatic heterocycles. The second-order valence-electron chi connectivity index (χ2n) is 2.25. The monoisotopic (exact) mass is 150 g/mol. The van der Waals surface area contributed by atoms with E-state index >= 15 is 0 Å². The second-order valence-corrected chi connectivity index (χ2v) is 2.94. The molecule has 0 radical (unpaired) electrons. The van der Waals surface area contributed by atoms with E-state index in [1.54, 1.807) is 0 Å². The molecule has 0 aromatic rings. The Morgan fingerprint density at radius 2 is 2.00 bits per heavy atom. The lowest BCUT2D eigenvalue weighted by Gasteiger charge is -2.13. The topological polar surface area (TPSA) is 9.23 Å². The van der Waals surface area contributed by atoms with Crippen molar-refractivity contribution in [3.63, 3.8) is 0 Å². The Morgan fingerprint density at radius 1 is 1.44 bits per heavy atom. The summed E-state index contributed by atoms with van der Waals surface area (Å²) >= 11 is 5.74. The van der Waals surface area contributed by atoms with E-state index in [0.29, 0.717) is 0 Å². The smallest absolute Gasteiger partial charge is 0.0707 e. The van der Waals surface area contributed by atoms with Gasteiger partial charge >= 0.3 is 0 Å². The first-order valence-electron chi connectivity index (χ1n) is 3.44. The molecule has 0 rings (SSSR count). The third-order valence-corrected chi connectivity index (χ3v) is 1.59. The van der Waals surface area contributed by atoms with Crippen molar-refractivity contribution in [2.45, 2.75) is 38.7 Å². The van der Waals surface area contributed by atoms with Gasteiger partial charge in [-0.15, -0.1) is 11.6 Å². The SMILES string of the molecule is CCCOC(C)C(C)Cl. The van der Waals surface area contributed by atoms with Crippen molar-refractivity contribution in [2.75, 3.05) is 6.61 Å². The van der Waals surface area contributed by atoms with Crippen LogP contribution in [-0.4, -0.2) is 18.1 Å². The summed E-state index contributed by atoms with van der Waals surface area (Å²) in [6.07, 6.45) is 1.25. The maximum absolute atomic E-state index is 5.74. The molecule has 0 bridgehead atoms. The molecule has 0 aromatic heterocycles. The Balaban J connectivity index is 3.16. The summed E-state index contributed by atoms with van der Waals surface area (Å²) in [5, 5.41) is 0.122. The second kappa shape index (κ2) is 5.07. The van der Waals surface area contributed by atoms with Gasteiger partial charge in [0.25, 0.3) is 0 Å². The lowest BCUT2D eigenvalue weighted by Crippen LogP contribution is -2.18. The quantitative estimate of drug-likeness (QED) is 0.560. The molecule has 0 saturated carbocycles. The van der Waals surface area contributed by atoms with Crippen LogP contribution in [0.5, 0.6) is 0 Å². The molecule has 0 heterocycles. The highest BCUT2D eigenvalue weighted by molar-refractivity contribution is 6.20. The van der Waals surface area contributed by atoms with E-state index in [1.807, 2.05) is 13.8 Å². The van der Waals surface area contributed by atoms with Crippen molar-refractivity contribution < 1.29 is 4.74 Å². The van der Waals surface area contributed by atoms with Crippen LogP contribution in [0, 0.1) is 0 Å². The number of ether oxygens (including phenoxy) is 1. The third kappa shape index (κ3) is 4.73. The lowest BCUT2D eigenvalue weighted by molar-refractivity contribution is 0.0665. The van der Waals surface area contributed by atoms with Crippen LogP contribution in [0.2, 0.25) is 0 Å². The van der Waals surface area contributed by atoms with E-state index in [9.17, 15) is 0 Å². The predicted molar refractivity (Wildman–Crippen MR) is 41.0 cm³/mol. The van der Waals surface area contributed by atoms with Crippen LogP contribution >= 0.6 is 11.6 Å². The van der Waals surface area contributed by atoms with Crippen LogP contribution in [0.15, 0.2) is 0 Å². The van der Waals surface area contributed by atoms with Gasteiger partial charge in [0, 0.05) is 6.61 Å². The Kier molecular flexibility index (Phi) is 5.21. The highest BCUT2D eigenvalue weighted by Crippen LogP contribution is 2.04. The average molecular weight is 151 g/mol. The zero-order chi connectivity index (χ0) is 7.28. The normalized spacial score (nSPS) is 17.3. The Bertz CT molecular complexity index is 63.9. The van der Waals surface area contributed by atoms with Crippen LogP contribution in [0.4, 0.5) is 0 Å². The highest BCUT2D eigenvalue weighted by atomic mass is 35.5. The number of alkyl halides is 1. The highest BCUT2D eigenvalue weighted by Gasteiger charge is 2.07. The number of halogens is 1. The fraction of sp³-hybridized carbons (Fsp3) is 1.00. The van der Waals surface area contributed by atoms with Gasteiger partial charge in [-0.05, 0) is 20.3 Å². The largest absolute Gasteiger partial charge is 0.377 e. The summed E-state index contributed by atoms with van der Waals surface area (Å²) in [5.74, 6) is 0. The number of hydrogen-bond acceptors (Lipinski definition) is 1. The molecular weight excluding hydrogens is 136 g/mol. The Morgan fingerprint density at radius 3 is 2.33 bits per heavy atom. The van der Waals surface area contributed by atoms with Crippen LogP contribution < -0.4 is 0 Å². The first kappa shape index (κ1) is 9.25. The van der Waals surface area contributed by atoms with Crippen molar-refractivity contribution in [1.82, 2.24) is 0 Å². The van der Waals surface area contributed by atoms with Crippen LogP contribution in [0.1, 0.15) is 27.2 Å². The summed E-state index contributed by atoms with van der Waals surface area (Å²) in [6.45, 7) is 6.85. The lowest BCUT2D eigenvalue weighted by atomic mass is 10.3. The molecule has 2 atom stereocenters. The summed E-state index contributed by atoms with van der Waals surface area (Å²) in [4.78, 5) is 0. The van der Waals surface area contributed by atoms with Crippen LogP contribution in [0.25, 0.3) is 0 Å². The fourth-order valence-corrected chi connectivity index (χ4v) is 0.509. The Labute approximate surface area is 62.3 Å². The molecule has 2 unspecified atom stereocenters. The molecule has 0 amide bonds. The predicted octanol–water partition coefficient (Wildman–Crippen LogP) is 2.43. The first-order valence-corrected chi connectivity index (χ1v) is 3.87. The molecule has 0 saturated heterocycles. The molecular formula is C7H15ClO. The standard InChI is InChI=1S/C7H15ClO/c1-4-5-9-7(3)6(2)8/h6-7H,4-5H2,1-3H3. The van der Waals surface area contributed by atoms with Gasteiger partial charge in [0.15, 0.2) is 0 Å². The van der Waals surface area contributed by atoms with Gasteiger partial charge in [0.05, 0.1) is 11.5 Å². The van der Waals surface area contributed by atoms with Crippen molar-refractivity contribution in [3.8, 4) is 0 Å². The maximum Gasteiger partial charge on any atom is 0.0707 e. The summed E-state index contributed by atoms with van der Waals surface area (Å²) < 4.78 is 5.32. The minimum Gasteiger partial charge on any atom is -0.377 e. The minimum atomic E-state index is 0.122. The molecule has 0 fully saturated rings. The third-order valence-electron chi connectivity index (χ3n) is 1.23. The van der Waals surface area contributed by atoms with Gasteiger partial charge in [-0.25, -0.2) is 0 Å². The van der Waals surface area contributed by atoms with Gasteiger partial charge in [-0.3, -0.25) is 0 Å². The molecule has 2 heteroatoms. The zero-order valence-electron chi connectivity index (χ0n) is 6.36. The van der Waals surface area contributed by atoms with Crippen molar-refractivity contribution in [2.24, 2.45) is 0 Å². The van der Waals surface area contributed by atoms with Crippen molar-refractivity contribution in [3.05, 3.63) is 0 Å². The zero-order valence-corrected chi connectivity index (χ0v) is 7.11. The minimum absolute atomic E-state index is 0.122.